The van der Waals surface area contributed by atoms with Crippen LogP contribution in [-0.2, 0) is 4.74 Å². The molecule has 0 saturated carbocycles. The minimum atomic E-state index is -1.48. The highest BCUT2D eigenvalue weighted by atomic mass is 16.5. The van der Waals surface area contributed by atoms with Gasteiger partial charge in [-0.05, 0) is 12.1 Å². The first kappa shape index (κ1) is 18.4. The molecular formula is C18H18N2O6. The molecular weight excluding hydrogens is 340 g/mol. The van der Waals surface area contributed by atoms with E-state index in [2.05, 4.69) is 33.9 Å². The third-order valence-corrected chi connectivity index (χ3v) is 4.10. The molecule has 6 N–H and O–H groups in total. The maximum Gasteiger partial charge on any atom is 0.147 e. The number of nitrogens with one attached hydrogen (secondary N) is 1. The normalized spacial score (nSPS) is 28.1. The predicted octanol–water partition coefficient (Wildman–Crippen LogP) is -1.90. The molecule has 1 saturated heterocycles. The Balaban J connectivity index is 1.95. The number of nitrogens with zero attached hydrogens (tertiary/aromatic N) is 1. The number of rotatable bonds is 1. The number of aromatic nitrogens is 2. The summed E-state index contributed by atoms with van der Waals surface area (Å²) in [6, 6.07) is 3.49. The van der Waals surface area contributed by atoms with Gasteiger partial charge in [-0.15, -0.1) is 0 Å². The van der Waals surface area contributed by atoms with E-state index in [4.69, 9.17) is 9.84 Å². The van der Waals surface area contributed by atoms with Crippen LogP contribution in [0.3, 0.4) is 0 Å². The zero-order chi connectivity index (χ0) is 18.7. The molecule has 26 heavy (non-hydrogen) atoms. The Bertz CT molecular complexity index is 901. The molecule has 0 aliphatic carbocycles. The lowest BCUT2D eigenvalue weighted by molar-refractivity contribution is -0.214. The Morgan fingerprint density at radius 1 is 1.08 bits per heavy atom. The van der Waals surface area contributed by atoms with Crippen molar-refractivity contribution in [3.8, 4) is 23.7 Å². The van der Waals surface area contributed by atoms with Crippen LogP contribution < -0.4 is 0 Å². The van der Waals surface area contributed by atoms with Gasteiger partial charge in [0.05, 0.1) is 23.9 Å². The molecule has 1 aliphatic rings. The Labute approximate surface area is 149 Å². The minimum absolute atomic E-state index is 0.269. The summed E-state index contributed by atoms with van der Waals surface area (Å²) in [5, 5.41) is 55.3. The second-order valence-corrected chi connectivity index (χ2v) is 5.84. The fourth-order valence-corrected chi connectivity index (χ4v) is 2.74. The Morgan fingerprint density at radius 3 is 2.62 bits per heavy atom. The summed E-state index contributed by atoms with van der Waals surface area (Å²) in [5.74, 6) is 10.9. The standard InChI is InChI=1S/C18H18N2O6/c21-5-1-2-10-6-11(15-12(7-10)8-19-20-15)3-4-13-16(23)18(25)17(24)14(9-22)26-13/h6-8,13-14,16-18,21-25H,5,9H2,(H,19,20)/t13?,14?,16?,17-,18?/m1/s1. The number of hydrogen-bond acceptors (Lipinski definition) is 7. The second kappa shape index (κ2) is 7.85. The lowest BCUT2D eigenvalue weighted by Gasteiger charge is -2.37. The monoisotopic (exact) mass is 358 g/mol. The molecule has 1 aromatic carbocycles. The van der Waals surface area contributed by atoms with Gasteiger partial charge < -0.3 is 30.3 Å². The van der Waals surface area contributed by atoms with Crippen molar-refractivity contribution in [1.29, 1.82) is 0 Å². The van der Waals surface area contributed by atoms with Gasteiger partial charge in [0.15, 0.2) is 0 Å². The number of aromatic amines is 1. The lowest BCUT2D eigenvalue weighted by atomic mass is 9.95. The van der Waals surface area contributed by atoms with E-state index in [-0.39, 0.29) is 6.61 Å². The molecule has 136 valence electrons. The van der Waals surface area contributed by atoms with Crippen molar-refractivity contribution in [1.82, 2.24) is 10.2 Å². The first-order chi connectivity index (χ1) is 12.5. The maximum absolute atomic E-state index is 10.1. The smallest absolute Gasteiger partial charge is 0.147 e. The number of hydrogen-bond donors (Lipinski definition) is 6. The van der Waals surface area contributed by atoms with Crippen molar-refractivity contribution < 1.29 is 30.3 Å². The summed E-state index contributed by atoms with van der Waals surface area (Å²) < 4.78 is 5.37. The van der Waals surface area contributed by atoms with Gasteiger partial charge in [0, 0.05) is 10.9 Å². The van der Waals surface area contributed by atoms with E-state index < -0.39 is 37.1 Å². The van der Waals surface area contributed by atoms with E-state index in [1.165, 1.54) is 0 Å². The van der Waals surface area contributed by atoms with Crippen molar-refractivity contribution in [2.24, 2.45) is 0 Å². The van der Waals surface area contributed by atoms with Gasteiger partial charge in [0.1, 0.15) is 37.1 Å². The van der Waals surface area contributed by atoms with Crippen molar-refractivity contribution >= 4 is 10.9 Å². The van der Waals surface area contributed by atoms with Crippen molar-refractivity contribution in [2.75, 3.05) is 13.2 Å². The van der Waals surface area contributed by atoms with Crippen LogP contribution in [0.15, 0.2) is 18.3 Å². The zero-order valence-electron chi connectivity index (χ0n) is 13.6. The van der Waals surface area contributed by atoms with Crippen LogP contribution in [0.1, 0.15) is 11.1 Å². The van der Waals surface area contributed by atoms with E-state index in [9.17, 15) is 20.4 Å². The number of aliphatic hydroxyl groups is 5. The summed E-state index contributed by atoms with van der Waals surface area (Å²) in [6.45, 7) is -0.782. The molecule has 5 atom stereocenters. The molecule has 0 radical (unpaired) electrons. The third kappa shape index (κ3) is 3.57. The average molecular weight is 358 g/mol. The van der Waals surface area contributed by atoms with Crippen molar-refractivity contribution in [3.05, 3.63) is 29.5 Å². The fourth-order valence-electron chi connectivity index (χ4n) is 2.74. The zero-order valence-corrected chi connectivity index (χ0v) is 13.6. The summed E-state index contributed by atoms with van der Waals surface area (Å²) >= 11 is 0. The van der Waals surface area contributed by atoms with Crippen molar-refractivity contribution in [2.45, 2.75) is 30.5 Å². The minimum Gasteiger partial charge on any atom is -0.394 e. The number of benzene rings is 1. The molecule has 1 fully saturated rings. The predicted molar refractivity (Wildman–Crippen MR) is 90.7 cm³/mol. The van der Waals surface area contributed by atoms with Gasteiger partial charge in [0.25, 0.3) is 0 Å². The van der Waals surface area contributed by atoms with Gasteiger partial charge in [-0.25, -0.2) is 0 Å². The van der Waals surface area contributed by atoms with Crippen LogP contribution in [0.2, 0.25) is 0 Å². The first-order valence-electron chi connectivity index (χ1n) is 7.94. The van der Waals surface area contributed by atoms with E-state index >= 15 is 0 Å². The highest BCUT2D eigenvalue weighted by Crippen LogP contribution is 2.22. The molecule has 3 rings (SSSR count). The fraction of sp³-hybridized carbons (Fsp3) is 0.389. The molecule has 1 aliphatic heterocycles. The molecule has 0 spiro atoms. The molecule has 8 nitrogen and oxygen atoms in total. The second-order valence-electron chi connectivity index (χ2n) is 5.84. The molecule has 1 aromatic heterocycles. The molecule has 0 amide bonds. The number of fused-ring (bicyclic) bond motifs is 1. The van der Waals surface area contributed by atoms with Crippen LogP contribution in [0.25, 0.3) is 10.9 Å². The van der Waals surface area contributed by atoms with Gasteiger partial charge in [0.2, 0.25) is 0 Å². The summed E-state index contributed by atoms with van der Waals surface area (Å²) in [5.41, 5.74) is 1.84. The van der Waals surface area contributed by atoms with Crippen LogP contribution in [0.4, 0.5) is 0 Å². The number of ether oxygens (including phenoxy) is 1. The lowest BCUT2D eigenvalue weighted by Crippen LogP contribution is -2.58. The van der Waals surface area contributed by atoms with Crippen LogP contribution in [0.5, 0.6) is 0 Å². The van der Waals surface area contributed by atoms with Crippen LogP contribution in [-0.4, -0.2) is 79.5 Å². The van der Waals surface area contributed by atoms with Gasteiger partial charge in [-0.1, -0.05) is 23.7 Å². The van der Waals surface area contributed by atoms with Gasteiger partial charge >= 0.3 is 0 Å². The highest BCUT2D eigenvalue weighted by Gasteiger charge is 2.42. The third-order valence-electron chi connectivity index (χ3n) is 4.10. The topological polar surface area (TPSA) is 139 Å². The maximum atomic E-state index is 10.1. The summed E-state index contributed by atoms with van der Waals surface area (Å²) in [4.78, 5) is 0. The van der Waals surface area contributed by atoms with E-state index in [0.717, 1.165) is 5.39 Å². The van der Waals surface area contributed by atoms with Gasteiger partial charge in [-0.2, -0.15) is 5.10 Å². The van der Waals surface area contributed by atoms with E-state index in [1.807, 2.05) is 0 Å². The molecule has 0 bridgehead atoms. The van der Waals surface area contributed by atoms with Crippen LogP contribution in [0, 0.1) is 23.7 Å². The molecule has 2 heterocycles. The Kier molecular flexibility index (Phi) is 5.55. The largest absolute Gasteiger partial charge is 0.394 e. The SMILES string of the molecule is OCC#Cc1cc(C#CC2OC(CO)[C@@H](O)C(O)C2O)c2[nH]ncc2c1. The highest BCUT2D eigenvalue weighted by molar-refractivity contribution is 5.85. The van der Waals surface area contributed by atoms with Crippen LogP contribution >= 0.6 is 0 Å². The summed E-state index contributed by atoms with van der Waals surface area (Å²) in [6.07, 6.45) is -4.82. The molecule has 4 unspecified atom stereocenters. The molecule has 8 heteroatoms. The molecule has 2 aromatic rings. The first-order valence-corrected chi connectivity index (χ1v) is 7.94. The Morgan fingerprint density at radius 2 is 1.88 bits per heavy atom. The van der Waals surface area contributed by atoms with Crippen molar-refractivity contribution in [3.63, 3.8) is 0 Å². The Hall–Kier alpha value is -2.43. The summed E-state index contributed by atoms with van der Waals surface area (Å²) in [7, 11) is 0. The van der Waals surface area contributed by atoms with E-state index in [1.54, 1.807) is 18.3 Å². The average Bonchev–Trinajstić information content (AvgIpc) is 3.12. The number of H-pyrrole nitrogens is 1. The number of aliphatic hydroxyl groups excluding tert-OH is 5. The van der Waals surface area contributed by atoms with Gasteiger partial charge in [-0.3, -0.25) is 5.10 Å². The van der Waals surface area contributed by atoms with E-state index in [0.29, 0.717) is 16.6 Å². The quantitative estimate of drug-likeness (QED) is 0.327.